The van der Waals surface area contributed by atoms with Gasteiger partial charge in [-0.2, -0.15) is 0 Å². The van der Waals surface area contributed by atoms with Crippen LogP contribution in [0.1, 0.15) is 52.7 Å². The molecule has 0 aliphatic rings. The van der Waals surface area contributed by atoms with Gasteiger partial charge in [-0.1, -0.05) is 193 Å². The number of hydrogen-bond donors (Lipinski definition) is 0. The molecule has 0 nitrogen and oxygen atoms in total. The Morgan fingerprint density at radius 1 is 0.250 bits per heavy atom. The molecule has 60 heavy (non-hydrogen) atoms. The van der Waals surface area contributed by atoms with Crippen molar-refractivity contribution in [1.29, 1.82) is 0 Å². The van der Waals surface area contributed by atoms with Crippen LogP contribution >= 0.6 is 0 Å². The summed E-state index contributed by atoms with van der Waals surface area (Å²) in [6, 6.07) is 64.8. The van der Waals surface area contributed by atoms with Gasteiger partial charge in [0.05, 0.1) is 0 Å². The van der Waals surface area contributed by atoms with Crippen molar-refractivity contribution < 1.29 is 0 Å². The van der Waals surface area contributed by atoms with E-state index in [1.807, 2.05) is 0 Å². The lowest BCUT2D eigenvalue weighted by molar-refractivity contribution is 0.569. The molecule has 0 aromatic heterocycles. The summed E-state index contributed by atoms with van der Waals surface area (Å²) < 4.78 is 0. The smallest absolute Gasteiger partial charge is 0.000697 e. The van der Waals surface area contributed by atoms with Crippen LogP contribution in [0.4, 0.5) is 0 Å². The van der Waals surface area contributed by atoms with Crippen LogP contribution in [-0.4, -0.2) is 0 Å². The number of fused-ring (bicyclic) bond motifs is 10. The van der Waals surface area contributed by atoms with Crippen LogP contribution in [0.25, 0.3) is 120 Å². The van der Waals surface area contributed by atoms with Crippen molar-refractivity contribution in [3.63, 3.8) is 0 Å². The van der Waals surface area contributed by atoms with Gasteiger partial charge in [0.1, 0.15) is 0 Å². The molecule has 0 unspecified atom stereocenters. The van der Waals surface area contributed by atoms with Gasteiger partial charge in [-0.25, -0.2) is 0 Å². The molecular weight excluding hydrogens is 721 g/mol. The summed E-state index contributed by atoms with van der Waals surface area (Å²) in [5.41, 5.74) is 10.5. The van der Waals surface area contributed by atoms with Crippen LogP contribution < -0.4 is 0 Å². The fraction of sp³-hybridized carbons (Fsp3) is 0.133. The summed E-state index contributed by atoms with van der Waals surface area (Å²) in [4.78, 5) is 0. The fourth-order valence-electron chi connectivity index (χ4n) is 10.6. The zero-order valence-corrected chi connectivity index (χ0v) is 35.2. The Morgan fingerprint density at radius 3 is 1.38 bits per heavy atom. The first kappa shape index (κ1) is 35.2. The Labute approximate surface area is 351 Å². The quantitative estimate of drug-likeness (QED) is 0.157. The molecule has 0 bridgehead atoms. The van der Waals surface area contributed by atoms with E-state index in [2.05, 4.69) is 211 Å². The van der Waals surface area contributed by atoms with E-state index in [1.165, 1.54) is 131 Å². The molecule has 0 saturated carbocycles. The van der Waals surface area contributed by atoms with Crippen molar-refractivity contribution >= 4 is 86.2 Å². The van der Waals surface area contributed by atoms with E-state index in [4.69, 9.17) is 0 Å². The molecule has 0 N–H and O–H groups in total. The van der Waals surface area contributed by atoms with E-state index in [-0.39, 0.29) is 10.8 Å². The maximum absolute atomic E-state index is 2.53. The highest BCUT2D eigenvalue weighted by molar-refractivity contribution is 6.46. The van der Waals surface area contributed by atoms with E-state index in [1.54, 1.807) is 0 Å². The zero-order chi connectivity index (χ0) is 40.7. The minimum atomic E-state index is 0.0417. The molecule has 0 fully saturated rings. The lowest BCUT2D eigenvalue weighted by atomic mass is 9.79. The van der Waals surface area contributed by atoms with Crippen molar-refractivity contribution in [2.24, 2.45) is 0 Å². The third-order valence-electron chi connectivity index (χ3n) is 13.6. The maximum atomic E-state index is 2.53. The standard InChI is InChI=1S/C60H46/c1-59(2,3)40-29-39(30-41(33-40)60(4,5)6)37-27-28-38-32-50-55-45(48(38)31-37)24-16-26-47(55)57-52(35-17-9-7-10-18-35)51-34-49-43-22-14-13-21-42(43)44-23-15-25-46(54(44)49)56(51)53(58(50)57)36-19-11-8-12-20-36/h7-34H,1-6H3. The fourth-order valence-corrected chi connectivity index (χ4v) is 10.6. The second-order valence-corrected chi connectivity index (χ2v) is 19.2. The van der Waals surface area contributed by atoms with Crippen molar-refractivity contribution in [2.75, 3.05) is 0 Å². The van der Waals surface area contributed by atoms with Crippen LogP contribution in [0.5, 0.6) is 0 Å². The van der Waals surface area contributed by atoms with Crippen LogP contribution in [0.15, 0.2) is 170 Å². The van der Waals surface area contributed by atoms with Gasteiger partial charge >= 0.3 is 0 Å². The minimum absolute atomic E-state index is 0.0417. The van der Waals surface area contributed by atoms with Gasteiger partial charge in [0.2, 0.25) is 0 Å². The number of rotatable bonds is 3. The van der Waals surface area contributed by atoms with E-state index < -0.39 is 0 Å². The predicted molar refractivity (Wildman–Crippen MR) is 263 cm³/mol. The molecule has 0 atom stereocenters. The van der Waals surface area contributed by atoms with Gasteiger partial charge in [-0.05, 0) is 160 Å². The topological polar surface area (TPSA) is 0 Å². The molecule has 0 amide bonds. The second-order valence-electron chi connectivity index (χ2n) is 19.2. The minimum Gasteiger partial charge on any atom is -0.0622 e. The highest BCUT2D eigenvalue weighted by Gasteiger charge is 2.27. The van der Waals surface area contributed by atoms with Crippen molar-refractivity contribution in [3.8, 4) is 33.4 Å². The van der Waals surface area contributed by atoms with Gasteiger partial charge in [-0.15, -0.1) is 0 Å². The Kier molecular flexibility index (Phi) is 7.27. The van der Waals surface area contributed by atoms with Gasteiger partial charge < -0.3 is 0 Å². The van der Waals surface area contributed by atoms with Crippen LogP contribution in [0, 0.1) is 0 Å². The van der Waals surface area contributed by atoms with Crippen molar-refractivity contribution in [3.05, 3.63) is 181 Å². The average molecular weight is 767 g/mol. The molecule has 12 rings (SSSR count). The van der Waals surface area contributed by atoms with E-state index in [0.717, 1.165) is 0 Å². The summed E-state index contributed by atoms with van der Waals surface area (Å²) >= 11 is 0. The molecule has 12 aromatic carbocycles. The highest BCUT2D eigenvalue weighted by atomic mass is 14.3. The van der Waals surface area contributed by atoms with Crippen LogP contribution in [0.3, 0.4) is 0 Å². The van der Waals surface area contributed by atoms with E-state index in [9.17, 15) is 0 Å². The molecule has 0 radical (unpaired) electrons. The predicted octanol–water partition coefficient (Wildman–Crippen LogP) is 17.4. The summed E-state index contributed by atoms with van der Waals surface area (Å²) in [5, 5.41) is 21.2. The van der Waals surface area contributed by atoms with Crippen LogP contribution in [0.2, 0.25) is 0 Å². The van der Waals surface area contributed by atoms with Crippen LogP contribution in [-0.2, 0) is 10.8 Å². The van der Waals surface area contributed by atoms with E-state index in [0.29, 0.717) is 0 Å². The molecule has 0 aliphatic carbocycles. The Bertz CT molecular complexity index is 3650. The Morgan fingerprint density at radius 2 is 0.750 bits per heavy atom. The van der Waals surface area contributed by atoms with Gasteiger partial charge in [0.25, 0.3) is 0 Å². The summed E-state index contributed by atoms with van der Waals surface area (Å²) in [7, 11) is 0. The molecule has 0 spiro atoms. The normalized spacial score (nSPS) is 12.8. The third-order valence-corrected chi connectivity index (χ3v) is 13.6. The first-order valence-corrected chi connectivity index (χ1v) is 21.5. The highest BCUT2D eigenvalue weighted by Crippen LogP contribution is 2.55. The molecule has 0 saturated heterocycles. The lowest BCUT2D eigenvalue weighted by Gasteiger charge is -2.26. The van der Waals surface area contributed by atoms with Gasteiger partial charge in [0.15, 0.2) is 0 Å². The zero-order valence-electron chi connectivity index (χ0n) is 35.2. The SMILES string of the molecule is CC(C)(C)c1cc(-c2ccc3cc4c5c(-c6ccccc6)c6c(cc7c8ccccc8c8cccc6c87)c(-c6ccccc6)c5c5cccc(c3c2)c54)cc(C(C)(C)C)c1. The number of benzene rings is 10. The van der Waals surface area contributed by atoms with Gasteiger partial charge in [-0.3, -0.25) is 0 Å². The largest absolute Gasteiger partial charge is 0.0622 e. The first-order valence-electron chi connectivity index (χ1n) is 21.5. The first-order chi connectivity index (χ1) is 29.0. The van der Waals surface area contributed by atoms with Gasteiger partial charge in [0, 0.05) is 0 Å². The monoisotopic (exact) mass is 766 g/mol. The van der Waals surface area contributed by atoms with Crippen molar-refractivity contribution in [1.82, 2.24) is 0 Å². The molecule has 0 heteroatoms. The second kappa shape index (κ2) is 12.4. The summed E-state index contributed by atoms with van der Waals surface area (Å²) in [6.45, 7) is 14.0. The third kappa shape index (κ3) is 4.97. The summed E-state index contributed by atoms with van der Waals surface area (Å²) in [6.07, 6.45) is 0. The molecule has 0 aliphatic heterocycles. The van der Waals surface area contributed by atoms with Crippen molar-refractivity contribution in [2.45, 2.75) is 52.4 Å². The molecule has 286 valence electrons. The molecule has 0 heterocycles. The maximum Gasteiger partial charge on any atom is -0.000697 e. The Hall–Kier alpha value is -6.76. The lowest BCUT2D eigenvalue weighted by Crippen LogP contribution is -2.16. The molecule has 12 aromatic rings. The number of hydrogen-bond acceptors (Lipinski definition) is 0. The van der Waals surface area contributed by atoms with E-state index >= 15 is 0 Å². The summed E-state index contributed by atoms with van der Waals surface area (Å²) in [5.74, 6) is 0. The Balaban J connectivity index is 1.28. The average Bonchev–Trinajstić information content (AvgIpc) is 3.76. The molecular formula is C60H46.